The number of benzene rings is 3. The minimum atomic E-state index is -3.80. The van der Waals surface area contributed by atoms with Crippen molar-refractivity contribution in [2.45, 2.75) is 44.2 Å². The molecular formula is C31H38N4O6S. The minimum Gasteiger partial charge on any atom is -0.488 e. The highest BCUT2D eigenvalue weighted by Gasteiger charge is 2.33. The predicted molar refractivity (Wildman–Crippen MR) is 162 cm³/mol. The lowest BCUT2D eigenvalue weighted by atomic mass is 10.0. The number of likely N-dealkylation sites (N-methyl/N-ethyl adjacent to an activating group) is 1. The number of nitrogens with one attached hydrogen (secondary N) is 2. The van der Waals surface area contributed by atoms with Gasteiger partial charge in [0.05, 0.1) is 30.5 Å². The van der Waals surface area contributed by atoms with Gasteiger partial charge in [-0.25, -0.2) is 13.2 Å². The number of aryl methyl sites for hydroxylation is 1. The zero-order valence-electron chi connectivity index (χ0n) is 24.3. The normalized spacial score (nSPS) is 18.2. The molecule has 0 saturated heterocycles. The van der Waals surface area contributed by atoms with Crippen LogP contribution in [0.2, 0.25) is 0 Å². The first-order chi connectivity index (χ1) is 20.0. The third-order valence-corrected chi connectivity index (χ3v) is 9.21. The van der Waals surface area contributed by atoms with Gasteiger partial charge in [0.2, 0.25) is 15.9 Å². The van der Waals surface area contributed by atoms with Crippen molar-refractivity contribution in [3.63, 3.8) is 0 Å². The number of fused-ring (bicyclic) bond motifs is 1. The summed E-state index contributed by atoms with van der Waals surface area (Å²) in [6, 6.07) is 19.8. The average molecular weight is 595 g/mol. The Morgan fingerprint density at radius 3 is 2.40 bits per heavy atom. The van der Waals surface area contributed by atoms with Crippen molar-refractivity contribution in [1.29, 1.82) is 0 Å². The molecule has 3 N–H and O–H groups in total. The maximum absolute atomic E-state index is 13.5. The molecule has 4 rings (SSSR count). The standard InChI is InChI=1S/C31H38N4O6S/c1-21-10-13-27(14-11-21)42(39,40)34(4)19-29-22(2)18-35(23(3)20-36)30(37)17-24-16-26(12-15-28(24)41-29)33-31(38)32-25-8-6-5-7-9-25/h5-16,22-23,29,36H,17-20H2,1-4H3,(H2,32,33,38)/t22-,23-,29+/m1/s1. The Morgan fingerprint density at radius 2 is 1.74 bits per heavy atom. The van der Waals surface area contributed by atoms with Crippen LogP contribution in [0, 0.1) is 12.8 Å². The first-order valence-corrected chi connectivity index (χ1v) is 15.3. The second kappa shape index (κ2) is 13.4. The monoisotopic (exact) mass is 594 g/mol. The van der Waals surface area contributed by atoms with Crippen LogP contribution < -0.4 is 15.4 Å². The number of carbonyl (C=O) groups is 2. The smallest absolute Gasteiger partial charge is 0.323 e. The number of hydrogen-bond acceptors (Lipinski definition) is 6. The van der Waals surface area contributed by atoms with Gasteiger partial charge >= 0.3 is 6.03 Å². The molecule has 42 heavy (non-hydrogen) atoms. The van der Waals surface area contributed by atoms with Crippen molar-refractivity contribution < 1.29 is 27.9 Å². The largest absolute Gasteiger partial charge is 0.488 e. The first-order valence-electron chi connectivity index (χ1n) is 13.8. The maximum Gasteiger partial charge on any atom is 0.323 e. The number of para-hydroxylation sites is 1. The van der Waals surface area contributed by atoms with Crippen LogP contribution in [0.15, 0.2) is 77.7 Å². The molecule has 0 fully saturated rings. The van der Waals surface area contributed by atoms with E-state index in [0.29, 0.717) is 22.7 Å². The van der Waals surface area contributed by atoms with Crippen LogP contribution in [-0.4, -0.2) is 73.6 Å². The Labute approximate surface area is 247 Å². The molecule has 224 valence electrons. The van der Waals surface area contributed by atoms with Crippen molar-refractivity contribution in [3.05, 3.63) is 83.9 Å². The zero-order chi connectivity index (χ0) is 30.4. The number of sulfonamides is 1. The van der Waals surface area contributed by atoms with E-state index in [4.69, 9.17) is 4.74 Å². The molecular weight excluding hydrogens is 556 g/mol. The van der Waals surface area contributed by atoms with Crippen LogP contribution >= 0.6 is 0 Å². The van der Waals surface area contributed by atoms with E-state index in [-0.39, 0.29) is 42.8 Å². The molecule has 11 heteroatoms. The molecule has 0 unspecified atom stereocenters. The van der Waals surface area contributed by atoms with E-state index in [1.54, 1.807) is 66.4 Å². The van der Waals surface area contributed by atoms with Crippen molar-refractivity contribution >= 4 is 33.3 Å². The van der Waals surface area contributed by atoms with Gasteiger partial charge in [-0.2, -0.15) is 4.31 Å². The maximum atomic E-state index is 13.5. The predicted octanol–water partition coefficient (Wildman–Crippen LogP) is 4.11. The van der Waals surface area contributed by atoms with Crippen molar-refractivity contribution in [3.8, 4) is 5.75 Å². The summed E-state index contributed by atoms with van der Waals surface area (Å²) in [4.78, 5) is 27.8. The van der Waals surface area contributed by atoms with E-state index in [1.165, 1.54) is 11.4 Å². The van der Waals surface area contributed by atoms with E-state index in [0.717, 1.165) is 5.56 Å². The van der Waals surface area contributed by atoms with Gasteiger partial charge in [0.15, 0.2) is 0 Å². The van der Waals surface area contributed by atoms with Gasteiger partial charge in [-0.1, -0.05) is 42.8 Å². The molecule has 1 heterocycles. The Hall–Kier alpha value is -3.93. The van der Waals surface area contributed by atoms with Gasteiger partial charge in [0.1, 0.15) is 11.9 Å². The molecule has 1 aliphatic heterocycles. The quantitative estimate of drug-likeness (QED) is 0.360. The van der Waals surface area contributed by atoms with E-state index < -0.39 is 28.2 Å². The number of carbonyl (C=O) groups excluding carboxylic acids is 2. The van der Waals surface area contributed by atoms with Crippen LogP contribution in [-0.2, 0) is 21.2 Å². The highest BCUT2D eigenvalue weighted by Crippen LogP contribution is 2.30. The summed E-state index contributed by atoms with van der Waals surface area (Å²) < 4.78 is 34.4. The summed E-state index contributed by atoms with van der Waals surface area (Å²) in [5.74, 6) is -0.0618. The molecule has 1 aliphatic rings. The number of rotatable bonds is 8. The number of anilines is 2. The van der Waals surface area contributed by atoms with Gasteiger partial charge in [0.25, 0.3) is 0 Å². The van der Waals surface area contributed by atoms with Gasteiger partial charge in [-0.3, -0.25) is 4.79 Å². The molecule has 0 saturated carbocycles. The molecule has 0 aromatic heterocycles. The van der Waals surface area contributed by atoms with Crippen molar-refractivity contribution in [2.75, 3.05) is 37.4 Å². The third kappa shape index (κ3) is 7.47. The average Bonchev–Trinajstić information content (AvgIpc) is 3.00. The molecule has 10 nitrogen and oxygen atoms in total. The second-order valence-corrected chi connectivity index (χ2v) is 12.8. The Bertz CT molecular complexity index is 1500. The van der Waals surface area contributed by atoms with E-state index in [9.17, 15) is 23.1 Å². The Balaban J connectivity index is 1.62. The third-order valence-electron chi connectivity index (χ3n) is 7.37. The lowest BCUT2D eigenvalue weighted by molar-refractivity contribution is -0.134. The van der Waals surface area contributed by atoms with Crippen molar-refractivity contribution in [2.24, 2.45) is 5.92 Å². The minimum absolute atomic E-state index is 0.0214. The molecule has 3 aromatic rings. The fraction of sp³-hybridized carbons (Fsp3) is 0.355. The van der Waals surface area contributed by atoms with Crippen LogP contribution in [0.3, 0.4) is 0 Å². The fourth-order valence-electron chi connectivity index (χ4n) is 4.78. The summed E-state index contributed by atoms with van der Waals surface area (Å²) in [5.41, 5.74) is 2.58. The van der Waals surface area contributed by atoms with E-state index in [2.05, 4.69) is 10.6 Å². The SMILES string of the molecule is Cc1ccc(S(=O)(=O)N(C)C[C@@H]2Oc3ccc(NC(=O)Nc4ccccc4)cc3CC(=O)N([C@H](C)CO)C[C@H]2C)cc1. The summed E-state index contributed by atoms with van der Waals surface area (Å²) in [6.45, 7) is 5.63. The second-order valence-electron chi connectivity index (χ2n) is 10.8. The molecule has 3 aromatic carbocycles. The number of hydrogen-bond donors (Lipinski definition) is 3. The summed E-state index contributed by atoms with van der Waals surface area (Å²) in [5, 5.41) is 15.4. The highest BCUT2D eigenvalue weighted by molar-refractivity contribution is 7.89. The molecule has 3 atom stereocenters. The highest BCUT2D eigenvalue weighted by atomic mass is 32.2. The number of urea groups is 1. The number of nitrogens with zero attached hydrogens (tertiary/aromatic N) is 2. The van der Waals surface area contributed by atoms with Crippen LogP contribution in [0.25, 0.3) is 0 Å². The fourth-order valence-corrected chi connectivity index (χ4v) is 5.96. The van der Waals surface area contributed by atoms with Crippen LogP contribution in [0.4, 0.5) is 16.2 Å². The summed E-state index contributed by atoms with van der Waals surface area (Å²) in [7, 11) is -2.29. The van der Waals surface area contributed by atoms with Gasteiger partial charge in [0, 0.05) is 36.4 Å². The number of amides is 3. The van der Waals surface area contributed by atoms with Crippen LogP contribution in [0.1, 0.15) is 25.0 Å². The first kappa shape index (κ1) is 31.0. The number of aliphatic hydroxyl groups excluding tert-OH is 1. The van der Waals surface area contributed by atoms with Crippen molar-refractivity contribution in [1.82, 2.24) is 9.21 Å². The molecule has 0 radical (unpaired) electrons. The molecule has 0 aliphatic carbocycles. The van der Waals surface area contributed by atoms with E-state index in [1.807, 2.05) is 32.0 Å². The van der Waals surface area contributed by atoms with Gasteiger partial charge < -0.3 is 25.4 Å². The Morgan fingerprint density at radius 1 is 1.07 bits per heavy atom. The molecule has 3 amide bonds. The molecule has 0 bridgehead atoms. The lowest BCUT2D eigenvalue weighted by Crippen LogP contribution is -2.48. The Kier molecular flexibility index (Phi) is 9.87. The van der Waals surface area contributed by atoms with Gasteiger partial charge in [-0.15, -0.1) is 0 Å². The van der Waals surface area contributed by atoms with E-state index >= 15 is 0 Å². The lowest BCUT2D eigenvalue weighted by Gasteiger charge is -2.33. The molecule has 0 spiro atoms. The number of ether oxygens (including phenoxy) is 1. The zero-order valence-corrected chi connectivity index (χ0v) is 25.1. The topological polar surface area (TPSA) is 128 Å². The summed E-state index contributed by atoms with van der Waals surface area (Å²) >= 11 is 0. The summed E-state index contributed by atoms with van der Waals surface area (Å²) in [6.07, 6.45) is -0.639. The van der Waals surface area contributed by atoms with Gasteiger partial charge in [-0.05, 0) is 56.3 Å². The van der Waals surface area contributed by atoms with Crippen LogP contribution in [0.5, 0.6) is 5.75 Å². The number of aliphatic hydroxyl groups is 1.